The van der Waals surface area contributed by atoms with Crippen molar-refractivity contribution in [3.05, 3.63) is 29.2 Å². The van der Waals surface area contributed by atoms with E-state index in [-0.39, 0.29) is 0 Å². The minimum atomic E-state index is 1.12. The number of unbranched alkanes of at least 4 members (excludes halogenated alkanes) is 28. The molecule has 0 N–H and O–H groups in total. The molecule has 0 unspecified atom stereocenters. The topological polar surface area (TPSA) is 11.3 Å². The average Bonchev–Trinajstić information content (AvgIpc) is 2.97. The molecule has 240 valence electrons. The molecule has 0 fully saturated rings. The maximum absolute atomic E-state index is 6.30. The first kappa shape index (κ1) is 38.2. The van der Waals surface area contributed by atoms with Gasteiger partial charge in [0, 0.05) is 12.1 Å². The van der Waals surface area contributed by atoms with Crippen LogP contribution in [0.4, 0.5) is 0 Å². The monoisotopic (exact) mass is 572 g/mol. The molecule has 1 nitrogen and oxygen atoms in total. The highest BCUT2D eigenvalue weighted by Gasteiger charge is 2.14. The van der Waals surface area contributed by atoms with Crippen LogP contribution in [-0.2, 0) is 12.8 Å². The molecule has 0 saturated carbocycles. The first-order valence-electron chi connectivity index (χ1n) is 19.2. The summed E-state index contributed by atoms with van der Waals surface area (Å²) >= 11 is 0. The molecule has 0 atom stereocenters. The predicted molar refractivity (Wildman–Crippen MR) is 185 cm³/mol. The van der Waals surface area contributed by atoms with Gasteiger partial charge in [0.25, 0.3) is 0 Å². The molecular formula is C40H75O+. The highest BCUT2D eigenvalue weighted by Crippen LogP contribution is 2.18. The summed E-state index contributed by atoms with van der Waals surface area (Å²) in [6.45, 7) is 6.84. The van der Waals surface area contributed by atoms with Crippen molar-refractivity contribution < 1.29 is 4.42 Å². The zero-order valence-electron chi connectivity index (χ0n) is 28.7. The van der Waals surface area contributed by atoms with Crippen molar-refractivity contribution in [2.45, 2.75) is 226 Å². The Labute approximate surface area is 259 Å². The van der Waals surface area contributed by atoms with Crippen LogP contribution in [0.5, 0.6) is 0 Å². The Morgan fingerprint density at radius 2 is 0.561 bits per heavy atom. The van der Waals surface area contributed by atoms with Crippen LogP contribution >= 0.6 is 0 Å². The summed E-state index contributed by atoms with van der Waals surface area (Å²) in [5, 5.41) is 0. The Balaban J connectivity index is 1.93. The molecule has 0 aromatic carbocycles. The average molecular weight is 572 g/mol. The Morgan fingerprint density at radius 1 is 0.341 bits per heavy atom. The van der Waals surface area contributed by atoms with Crippen molar-refractivity contribution in [3.8, 4) is 0 Å². The Bertz CT molecular complexity index is 598. The summed E-state index contributed by atoms with van der Waals surface area (Å²) in [4.78, 5) is 0. The minimum Gasteiger partial charge on any atom is -0.218 e. The second-order valence-electron chi connectivity index (χ2n) is 13.5. The second kappa shape index (κ2) is 30.6. The number of rotatable bonds is 32. The first-order chi connectivity index (χ1) is 20.3. The van der Waals surface area contributed by atoms with Crippen LogP contribution in [0.2, 0.25) is 0 Å². The molecular weight excluding hydrogens is 496 g/mol. The third-order valence-corrected chi connectivity index (χ3v) is 9.09. The van der Waals surface area contributed by atoms with Crippen molar-refractivity contribution >= 4 is 0 Å². The molecule has 0 bridgehead atoms. The zero-order chi connectivity index (χ0) is 29.5. The van der Waals surface area contributed by atoms with Gasteiger partial charge in [-0.2, -0.15) is 0 Å². The van der Waals surface area contributed by atoms with E-state index in [1.54, 1.807) is 0 Å². The van der Waals surface area contributed by atoms with E-state index in [4.69, 9.17) is 4.42 Å². The molecule has 41 heavy (non-hydrogen) atoms. The van der Waals surface area contributed by atoms with Crippen LogP contribution in [-0.4, -0.2) is 0 Å². The molecule has 0 radical (unpaired) electrons. The van der Waals surface area contributed by atoms with Crippen molar-refractivity contribution in [3.63, 3.8) is 0 Å². The third kappa shape index (κ3) is 26.5. The van der Waals surface area contributed by atoms with Crippen molar-refractivity contribution in [2.24, 2.45) is 0 Å². The smallest absolute Gasteiger partial charge is 0.218 e. The quantitative estimate of drug-likeness (QED) is 0.0618. The molecule has 0 saturated heterocycles. The molecule has 1 aromatic rings. The molecule has 1 rings (SSSR count). The van der Waals surface area contributed by atoms with Crippen molar-refractivity contribution in [1.29, 1.82) is 0 Å². The summed E-state index contributed by atoms with van der Waals surface area (Å²) in [6, 6.07) is 4.56. The van der Waals surface area contributed by atoms with E-state index in [2.05, 4.69) is 32.9 Å². The van der Waals surface area contributed by atoms with Crippen LogP contribution in [0.15, 0.2) is 16.5 Å². The number of aryl methyl sites for hydroxylation is 3. The Kier molecular flexibility index (Phi) is 28.5. The lowest BCUT2D eigenvalue weighted by atomic mass is 10.0. The van der Waals surface area contributed by atoms with E-state index in [0.29, 0.717) is 0 Å². The predicted octanol–water partition coefficient (Wildman–Crippen LogP) is 14.7. The van der Waals surface area contributed by atoms with Gasteiger partial charge in [-0.15, -0.1) is 0 Å². The van der Waals surface area contributed by atoms with E-state index < -0.39 is 0 Å². The van der Waals surface area contributed by atoms with Gasteiger partial charge in [0.1, 0.15) is 0 Å². The van der Waals surface area contributed by atoms with Crippen LogP contribution in [0.1, 0.15) is 224 Å². The van der Waals surface area contributed by atoms with Gasteiger partial charge in [-0.25, -0.2) is 4.42 Å². The maximum atomic E-state index is 6.30. The Morgan fingerprint density at radius 3 is 0.805 bits per heavy atom. The molecule has 1 heteroatoms. The van der Waals surface area contributed by atoms with E-state index in [1.807, 2.05) is 0 Å². The van der Waals surface area contributed by atoms with Gasteiger partial charge in [-0.3, -0.25) is 0 Å². The summed E-state index contributed by atoms with van der Waals surface area (Å²) in [7, 11) is 0. The van der Waals surface area contributed by atoms with Gasteiger partial charge in [0.05, 0.1) is 12.8 Å². The molecule has 0 aliphatic carbocycles. The lowest BCUT2D eigenvalue weighted by Crippen LogP contribution is -1.93. The van der Waals surface area contributed by atoms with E-state index in [9.17, 15) is 0 Å². The highest BCUT2D eigenvalue weighted by atomic mass is 16.3. The van der Waals surface area contributed by atoms with E-state index in [0.717, 1.165) is 12.8 Å². The molecule has 0 aliphatic rings. The molecule has 1 aromatic heterocycles. The summed E-state index contributed by atoms with van der Waals surface area (Å²) < 4.78 is 6.30. The van der Waals surface area contributed by atoms with E-state index in [1.165, 1.54) is 210 Å². The summed E-state index contributed by atoms with van der Waals surface area (Å²) in [5.41, 5.74) is 1.38. The number of hydrogen-bond donors (Lipinski definition) is 0. The van der Waals surface area contributed by atoms with Gasteiger partial charge < -0.3 is 0 Å². The standard InChI is InChI=1S/C40H75O/c1-4-6-8-10-12-14-16-18-20-22-24-26-28-30-32-34-39-36-38(3)37-40(41-39)35-33-31-29-27-25-23-21-19-17-15-13-11-9-7-5-2/h36-37H,4-35H2,1-3H3/q+1. The largest absolute Gasteiger partial charge is 0.329 e. The third-order valence-electron chi connectivity index (χ3n) is 9.09. The van der Waals surface area contributed by atoms with Gasteiger partial charge in [-0.1, -0.05) is 194 Å². The molecule has 1 heterocycles. The molecule has 0 spiro atoms. The zero-order valence-corrected chi connectivity index (χ0v) is 28.7. The fourth-order valence-corrected chi connectivity index (χ4v) is 6.36. The Hall–Kier alpha value is -0.850. The fraction of sp³-hybridized carbons (Fsp3) is 0.875. The van der Waals surface area contributed by atoms with Crippen LogP contribution in [0.25, 0.3) is 0 Å². The first-order valence-corrected chi connectivity index (χ1v) is 19.2. The molecule has 0 amide bonds. The van der Waals surface area contributed by atoms with Crippen molar-refractivity contribution in [2.75, 3.05) is 0 Å². The van der Waals surface area contributed by atoms with Crippen LogP contribution in [0, 0.1) is 6.92 Å². The summed E-state index contributed by atoms with van der Waals surface area (Å²) in [6.07, 6.45) is 45.0. The maximum Gasteiger partial charge on any atom is 0.329 e. The number of hydrogen-bond acceptors (Lipinski definition) is 0. The van der Waals surface area contributed by atoms with Crippen molar-refractivity contribution in [1.82, 2.24) is 0 Å². The van der Waals surface area contributed by atoms with E-state index >= 15 is 0 Å². The van der Waals surface area contributed by atoms with Gasteiger partial charge >= 0.3 is 11.5 Å². The highest BCUT2D eigenvalue weighted by molar-refractivity contribution is 5.16. The van der Waals surface area contributed by atoms with Gasteiger partial charge in [0.15, 0.2) is 0 Å². The van der Waals surface area contributed by atoms with Gasteiger partial charge in [0.2, 0.25) is 0 Å². The minimum absolute atomic E-state index is 1.12. The lowest BCUT2D eigenvalue weighted by Gasteiger charge is -2.03. The summed E-state index contributed by atoms with van der Waals surface area (Å²) in [5.74, 6) is 2.44. The lowest BCUT2D eigenvalue weighted by molar-refractivity contribution is 0.427. The van der Waals surface area contributed by atoms with Gasteiger partial charge in [-0.05, 0) is 25.3 Å². The normalized spacial score (nSPS) is 11.5. The van der Waals surface area contributed by atoms with Crippen LogP contribution < -0.4 is 0 Å². The molecule has 0 aliphatic heterocycles. The fourth-order valence-electron chi connectivity index (χ4n) is 6.36. The SMILES string of the molecule is CCCCCCCCCCCCCCCCCc1cc(C)cc(CCCCCCCCCCCCCCCCC)[o+]1. The van der Waals surface area contributed by atoms with Crippen LogP contribution in [0.3, 0.4) is 0 Å². The second-order valence-corrected chi connectivity index (χ2v) is 13.5.